The van der Waals surface area contributed by atoms with Crippen molar-refractivity contribution in [1.82, 2.24) is 4.98 Å². The molecule has 9 heteroatoms. The number of hydrogen-bond acceptors (Lipinski definition) is 5. The molecular formula is C8H7F2N3O4. The van der Waals surface area contributed by atoms with E-state index in [0.717, 1.165) is 0 Å². The third-order valence-corrected chi connectivity index (χ3v) is 1.90. The number of aromatic nitrogens is 1. The van der Waals surface area contributed by atoms with Gasteiger partial charge in [0.05, 0.1) is 16.9 Å². The summed E-state index contributed by atoms with van der Waals surface area (Å²) in [6, 6.07) is 0.527. The first kappa shape index (κ1) is 12.7. The maximum absolute atomic E-state index is 12.3. The smallest absolute Gasteiger partial charge is 0.308 e. The third kappa shape index (κ3) is 2.83. The van der Waals surface area contributed by atoms with Crippen LogP contribution < -0.4 is 5.73 Å². The molecule has 1 rings (SSSR count). The summed E-state index contributed by atoms with van der Waals surface area (Å²) in [5.74, 6) is -1.94. The molecule has 92 valence electrons. The van der Waals surface area contributed by atoms with Gasteiger partial charge in [-0.1, -0.05) is 0 Å². The van der Waals surface area contributed by atoms with Gasteiger partial charge in [0.2, 0.25) is 0 Å². The number of carboxylic acid groups (broad SMARTS) is 1. The molecule has 0 aliphatic heterocycles. The fourth-order valence-corrected chi connectivity index (χ4v) is 1.20. The minimum absolute atomic E-state index is 0.382. The van der Waals surface area contributed by atoms with E-state index in [9.17, 15) is 23.7 Å². The zero-order valence-electron chi connectivity index (χ0n) is 8.26. The minimum atomic E-state index is -3.02. The van der Waals surface area contributed by atoms with Crippen LogP contribution in [0.15, 0.2) is 6.07 Å². The van der Waals surface area contributed by atoms with E-state index in [4.69, 9.17) is 10.8 Å². The fraction of sp³-hybridized carbons (Fsp3) is 0.250. The summed E-state index contributed by atoms with van der Waals surface area (Å²) in [5, 5.41) is 19.1. The van der Waals surface area contributed by atoms with Gasteiger partial charge in [-0.05, 0) is 0 Å². The molecule has 0 unspecified atom stereocenters. The third-order valence-electron chi connectivity index (χ3n) is 1.90. The van der Waals surface area contributed by atoms with Crippen molar-refractivity contribution < 1.29 is 23.6 Å². The van der Waals surface area contributed by atoms with Crippen LogP contribution in [0.2, 0.25) is 0 Å². The van der Waals surface area contributed by atoms with E-state index in [0.29, 0.717) is 6.07 Å². The Hall–Kier alpha value is -2.32. The molecule has 0 radical (unpaired) electrons. The topological polar surface area (TPSA) is 119 Å². The van der Waals surface area contributed by atoms with Crippen molar-refractivity contribution in [2.24, 2.45) is 0 Å². The molecule has 0 aromatic carbocycles. The Bertz CT molecular complexity index is 478. The van der Waals surface area contributed by atoms with Gasteiger partial charge in [-0.25, -0.2) is 13.8 Å². The molecule has 0 atom stereocenters. The van der Waals surface area contributed by atoms with E-state index in [-0.39, 0.29) is 5.56 Å². The number of anilines is 1. The maximum Gasteiger partial charge on any atom is 0.308 e. The molecule has 17 heavy (non-hydrogen) atoms. The van der Waals surface area contributed by atoms with Gasteiger partial charge in [0.25, 0.3) is 12.1 Å². The predicted molar refractivity (Wildman–Crippen MR) is 51.6 cm³/mol. The summed E-state index contributed by atoms with van der Waals surface area (Å²) in [6.07, 6.45) is -3.77. The zero-order chi connectivity index (χ0) is 13.2. The SMILES string of the molecule is Nc1nc(C(F)F)cc([N+](=O)[O-])c1CC(=O)O. The number of nitrogens with zero attached hydrogens (tertiary/aromatic N) is 2. The second-order valence-electron chi connectivity index (χ2n) is 3.06. The summed E-state index contributed by atoms with van der Waals surface area (Å²) in [6.45, 7) is 0. The van der Waals surface area contributed by atoms with Crippen LogP contribution in [0.1, 0.15) is 17.7 Å². The highest BCUT2D eigenvalue weighted by molar-refractivity contribution is 5.75. The Morgan fingerprint density at radius 2 is 2.24 bits per heavy atom. The normalized spacial score (nSPS) is 10.5. The van der Waals surface area contributed by atoms with E-state index in [2.05, 4.69) is 4.98 Å². The molecule has 0 bridgehead atoms. The number of rotatable bonds is 4. The number of hydrogen-bond donors (Lipinski definition) is 2. The molecule has 7 nitrogen and oxygen atoms in total. The van der Waals surface area contributed by atoms with Crippen LogP contribution in [0.3, 0.4) is 0 Å². The van der Waals surface area contributed by atoms with E-state index in [1.54, 1.807) is 0 Å². The van der Waals surface area contributed by atoms with Crippen molar-refractivity contribution in [1.29, 1.82) is 0 Å². The average molecular weight is 247 g/mol. The van der Waals surface area contributed by atoms with Crippen molar-refractivity contribution in [2.75, 3.05) is 5.73 Å². The average Bonchev–Trinajstić information content (AvgIpc) is 2.19. The summed E-state index contributed by atoms with van der Waals surface area (Å²) in [5.41, 5.74) is 3.22. The highest BCUT2D eigenvalue weighted by Crippen LogP contribution is 2.28. The lowest BCUT2D eigenvalue weighted by Gasteiger charge is -2.06. The summed E-state index contributed by atoms with van der Waals surface area (Å²) in [7, 11) is 0. The van der Waals surface area contributed by atoms with Gasteiger partial charge in [0.15, 0.2) is 0 Å². The van der Waals surface area contributed by atoms with Gasteiger partial charge in [-0.3, -0.25) is 14.9 Å². The number of pyridine rings is 1. The highest BCUT2D eigenvalue weighted by Gasteiger charge is 2.24. The number of halogens is 2. The van der Waals surface area contributed by atoms with Gasteiger partial charge >= 0.3 is 5.97 Å². The van der Waals surface area contributed by atoms with Crippen LogP contribution in [0.25, 0.3) is 0 Å². The quantitative estimate of drug-likeness (QED) is 0.608. The highest BCUT2D eigenvalue weighted by atomic mass is 19.3. The second kappa shape index (κ2) is 4.68. The van der Waals surface area contributed by atoms with Gasteiger partial charge in [0, 0.05) is 6.07 Å². The van der Waals surface area contributed by atoms with Crippen molar-refractivity contribution in [3.63, 3.8) is 0 Å². The second-order valence-corrected chi connectivity index (χ2v) is 3.06. The molecule has 0 saturated carbocycles. The van der Waals surface area contributed by atoms with Crippen LogP contribution in [-0.2, 0) is 11.2 Å². The molecular weight excluding hydrogens is 240 g/mol. The number of nitrogens with two attached hydrogens (primary N) is 1. The first-order chi connectivity index (χ1) is 7.82. The van der Waals surface area contributed by atoms with Crippen LogP contribution in [0, 0.1) is 10.1 Å². The number of carbonyl (C=O) groups is 1. The molecule has 0 aliphatic rings. The zero-order valence-corrected chi connectivity index (χ0v) is 8.26. The molecule has 1 aromatic heterocycles. The van der Waals surface area contributed by atoms with Crippen LogP contribution in [0.5, 0.6) is 0 Å². The van der Waals surface area contributed by atoms with Crippen molar-refractivity contribution in [3.8, 4) is 0 Å². The van der Waals surface area contributed by atoms with Gasteiger partial charge in [-0.15, -0.1) is 0 Å². The Morgan fingerprint density at radius 3 is 2.65 bits per heavy atom. The molecule has 1 aromatic rings. The van der Waals surface area contributed by atoms with Crippen LogP contribution in [-0.4, -0.2) is 21.0 Å². The summed E-state index contributed by atoms with van der Waals surface area (Å²) >= 11 is 0. The molecule has 0 amide bonds. The van der Waals surface area contributed by atoms with Crippen LogP contribution in [0.4, 0.5) is 20.3 Å². The molecule has 0 spiro atoms. The lowest BCUT2D eigenvalue weighted by molar-refractivity contribution is -0.385. The van der Waals surface area contributed by atoms with E-state index < -0.39 is 40.9 Å². The molecule has 0 saturated heterocycles. The van der Waals surface area contributed by atoms with E-state index >= 15 is 0 Å². The number of carboxylic acids is 1. The molecule has 0 aliphatic carbocycles. The Kier molecular flexibility index (Phi) is 3.51. The summed E-state index contributed by atoms with van der Waals surface area (Å²) in [4.78, 5) is 23.3. The van der Waals surface area contributed by atoms with Crippen LogP contribution >= 0.6 is 0 Å². The van der Waals surface area contributed by atoms with Gasteiger partial charge < -0.3 is 10.8 Å². The first-order valence-corrected chi connectivity index (χ1v) is 4.26. The van der Waals surface area contributed by atoms with Gasteiger partial charge in [0.1, 0.15) is 11.5 Å². The van der Waals surface area contributed by atoms with E-state index in [1.807, 2.05) is 0 Å². The summed E-state index contributed by atoms with van der Waals surface area (Å²) < 4.78 is 24.7. The first-order valence-electron chi connectivity index (χ1n) is 4.26. The Balaban J connectivity index is 3.38. The molecule has 1 heterocycles. The molecule has 0 fully saturated rings. The van der Waals surface area contributed by atoms with Gasteiger partial charge in [-0.2, -0.15) is 0 Å². The Labute approximate surface area is 93.0 Å². The Morgan fingerprint density at radius 1 is 1.65 bits per heavy atom. The monoisotopic (exact) mass is 247 g/mol. The van der Waals surface area contributed by atoms with Crippen molar-refractivity contribution >= 4 is 17.5 Å². The largest absolute Gasteiger partial charge is 0.481 e. The molecule has 3 N–H and O–H groups in total. The van der Waals surface area contributed by atoms with Crippen molar-refractivity contribution in [3.05, 3.63) is 27.4 Å². The lowest BCUT2D eigenvalue weighted by atomic mass is 10.1. The number of alkyl halides is 2. The van der Waals surface area contributed by atoms with E-state index in [1.165, 1.54) is 0 Å². The maximum atomic E-state index is 12.3. The predicted octanol–water partition coefficient (Wildman–Crippen LogP) is 1.14. The number of nitrogen functional groups attached to an aromatic ring is 1. The number of aliphatic carboxylic acids is 1. The fourth-order valence-electron chi connectivity index (χ4n) is 1.20. The minimum Gasteiger partial charge on any atom is -0.481 e. The number of nitro groups is 1. The lowest BCUT2D eigenvalue weighted by Crippen LogP contribution is -2.10. The standard InChI is InChI=1S/C8H7F2N3O4/c9-7(10)4-2-5(13(16)17)3(1-6(14)15)8(11)12-4/h2,7H,1H2,(H2,11,12)(H,14,15). The van der Waals surface area contributed by atoms with Crippen molar-refractivity contribution in [2.45, 2.75) is 12.8 Å².